The Morgan fingerprint density at radius 2 is 2.11 bits per heavy atom. The van der Waals surface area contributed by atoms with Gasteiger partial charge in [0.05, 0.1) is 11.6 Å². The summed E-state index contributed by atoms with van der Waals surface area (Å²) < 4.78 is 0.732. The Balaban J connectivity index is 1.76. The van der Waals surface area contributed by atoms with Gasteiger partial charge < -0.3 is 5.32 Å². The van der Waals surface area contributed by atoms with E-state index in [0.29, 0.717) is 5.56 Å². The molecule has 0 fully saturated rings. The Labute approximate surface area is 120 Å². The Hall–Kier alpha value is -1.68. The van der Waals surface area contributed by atoms with Gasteiger partial charge >= 0.3 is 0 Å². The quantitative estimate of drug-likeness (QED) is 0.864. The summed E-state index contributed by atoms with van der Waals surface area (Å²) >= 11 is 3.26. The molecule has 0 saturated heterocycles. The number of hydrogen-bond acceptors (Lipinski definition) is 2. The van der Waals surface area contributed by atoms with E-state index in [0.717, 1.165) is 17.4 Å². The molecule has 96 valence electrons. The monoisotopic (exact) mass is 316 g/mol. The minimum Gasteiger partial charge on any atom is -0.345 e. The number of nitrogens with one attached hydrogen (secondary N) is 1. The lowest BCUT2D eigenvalue weighted by atomic mass is 10.1. The molecule has 1 aliphatic rings. The summed E-state index contributed by atoms with van der Waals surface area (Å²) in [7, 11) is 0. The van der Waals surface area contributed by atoms with Crippen molar-refractivity contribution in [2.24, 2.45) is 0 Å². The summed E-state index contributed by atoms with van der Waals surface area (Å²) in [6, 6.07) is 11.9. The van der Waals surface area contributed by atoms with Crippen LogP contribution in [0.1, 0.15) is 33.9 Å². The smallest absolute Gasteiger partial charge is 0.253 e. The molecule has 0 spiro atoms. The fourth-order valence-electron chi connectivity index (χ4n) is 2.46. The zero-order valence-electron chi connectivity index (χ0n) is 10.3. The van der Waals surface area contributed by atoms with E-state index < -0.39 is 0 Å². The molecule has 3 rings (SSSR count). The fraction of sp³-hybridized carbons (Fsp3) is 0.200. The molecule has 0 saturated carbocycles. The second-order valence-corrected chi connectivity index (χ2v) is 5.45. The summed E-state index contributed by atoms with van der Waals surface area (Å²) in [5.74, 6) is -0.0679. The average Bonchev–Trinajstić information content (AvgIpc) is 2.83. The molecule has 1 aliphatic carbocycles. The summed E-state index contributed by atoms with van der Waals surface area (Å²) in [6.45, 7) is 0. The van der Waals surface area contributed by atoms with Crippen LogP contribution in [-0.2, 0) is 6.42 Å². The van der Waals surface area contributed by atoms with Gasteiger partial charge in [-0.25, -0.2) is 4.98 Å². The molecule has 3 nitrogen and oxygen atoms in total. The van der Waals surface area contributed by atoms with Gasteiger partial charge in [0.25, 0.3) is 5.91 Å². The molecule has 1 aromatic heterocycles. The van der Waals surface area contributed by atoms with Crippen molar-refractivity contribution in [2.75, 3.05) is 0 Å². The van der Waals surface area contributed by atoms with Crippen LogP contribution in [0.3, 0.4) is 0 Å². The van der Waals surface area contributed by atoms with Gasteiger partial charge in [-0.2, -0.15) is 0 Å². The Morgan fingerprint density at radius 3 is 2.89 bits per heavy atom. The molecule has 1 N–H and O–H groups in total. The molecule has 4 heteroatoms. The maximum Gasteiger partial charge on any atom is 0.253 e. The van der Waals surface area contributed by atoms with Crippen molar-refractivity contribution in [3.63, 3.8) is 0 Å². The molecular formula is C15H13BrN2O. The third-order valence-corrected chi connectivity index (χ3v) is 3.90. The second kappa shape index (κ2) is 5.13. The predicted octanol–water partition coefficient (Wildman–Crippen LogP) is 3.26. The molecule has 19 heavy (non-hydrogen) atoms. The van der Waals surface area contributed by atoms with Crippen LogP contribution in [0.25, 0.3) is 0 Å². The predicted molar refractivity (Wildman–Crippen MR) is 76.9 cm³/mol. The molecule has 1 aromatic carbocycles. The maximum atomic E-state index is 12.2. The molecule has 1 heterocycles. The number of rotatable bonds is 2. The number of benzene rings is 1. The zero-order chi connectivity index (χ0) is 13.2. The third kappa shape index (κ3) is 2.54. The second-order valence-electron chi connectivity index (χ2n) is 4.63. The van der Waals surface area contributed by atoms with Gasteiger partial charge in [-0.05, 0) is 52.0 Å². The van der Waals surface area contributed by atoms with Crippen molar-refractivity contribution in [2.45, 2.75) is 18.9 Å². The highest BCUT2D eigenvalue weighted by Gasteiger charge is 2.23. The summed E-state index contributed by atoms with van der Waals surface area (Å²) in [6.07, 6.45) is 3.58. The van der Waals surface area contributed by atoms with Gasteiger partial charge in [0.2, 0.25) is 0 Å². The number of hydrogen-bond donors (Lipinski definition) is 1. The Bertz CT molecular complexity index is 610. The minimum atomic E-state index is -0.0679. The number of aromatic nitrogens is 1. The van der Waals surface area contributed by atoms with Crippen LogP contribution < -0.4 is 5.32 Å². The van der Waals surface area contributed by atoms with Crippen LogP contribution in [0.5, 0.6) is 0 Å². The summed E-state index contributed by atoms with van der Waals surface area (Å²) in [5.41, 5.74) is 3.16. The SMILES string of the molecule is O=C(NC1CCc2ccccc21)c1ccc(Br)nc1. The zero-order valence-corrected chi connectivity index (χ0v) is 11.9. The molecule has 2 aromatic rings. The number of fused-ring (bicyclic) bond motifs is 1. The molecule has 1 amide bonds. The third-order valence-electron chi connectivity index (χ3n) is 3.43. The van der Waals surface area contributed by atoms with Crippen LogP contribution >= 0.6 is 15.9 Å². The normalized spacial score (nSPS) is 17.0. The van der Waals surface area contributed by atoms with Gasteiger partial charge in [0, 0.05) is 6.20 Å². The standard InChI is InChI=1S/C15H13BrN2O/c16-14-8-6-11(9-17-14)15(19)18-13-7-5-10-3-1-2-4-12(10)13/h1-4,6,8-9,13H,5,7H2,(H,18,19). The van der Waals surface area contributed by atoms with Crippen molar-refractivity contribution in [3.8, 4) is 0 Å². The lowest BCUT2D eigenvalue weighted by molar-refractivity contribution is 0.0936. The number of amides is 1. The molecule has 0 radical (unpaired) electrons. The van der Waals surface area contributed by atoms with Crippen molar-refractivity contribution in [1.29, 1.82) is 0 Å². The highest BCUT2D eigenvalue weighted by atomic mass is 79.9. The van der Waals surface area contributed by atoms with E-state index in [9.17, 15) is 4.79 Å². The fourth-order valence-corrected chi connectivity index (χ4v) is 2.69. The van der Waals surface area contributed by atoms with Crippen LogP contribution in [0.15, 0.2) is 47.2 Å². The maximum absolute atomic E-state index is 12.2. The first-order valence-corrected chi connectivity index (χ1v) is 7.03. The molecule has 1 unspecified atom stereocenters. The van der Waals surface area contributed by atoms with Gasteiger partial charge in [0.15, 0.2) is 0 Å². The number of nitrogens with zero attached hydrogens (tertiary/aromatic N) is 1. The first-order chi connectivity index (χ1) is 9.24. The number of halogens is 1. The van der Waals surface area contributed by atoms with Crippen molar-refractivity contribution >= 4 is 21.8 Å². The van der Waals surface area contributed by atoms with E-state index in [1.165, 1.54) is 11.1 Å². The van der Waals surface area contributed by atoms with Gasteiger partial charge in [-0.1, -0.05) is 24.3 Å². The van der Waals surface area contributed by atoms with Crippen LogP contribution in [0.2, 0.25) is 0 Å². The van der Waals surface area contributed by atoms with Crippen LogP contribution in [0, 0.1) is 0 Å². The van der Waals surface area contributed by atoms with Crippen LogP contribution in [-0.4, -0.2) is 10.9 Å². The van der Waals surface area contributed by atoms with Crippen molar-refractivity contribution in [1.82, 2.24) is 10.3 Å². The number of aryl methyl sites for hydroxylation is 1. The minimum absolute atomic E-state index is 0.0679. The van der Waals surface area contributed by atoms with E-state index in [2.05, 4.69) is 38.4 Å². The van der Waals surface area contributed by atoms with Gasteiger partial charge in [0.1, 0.15) is 4.60 Å². The van der Waals surface area contributed by atoms with Gasteiger partial charge in [-0.15, -0.1) is 0 Å². The molecule has 1 atom stereocenters. The number of carbonyl (C=O) groups is 1. The summed E-state index contributed by atoms with van der Waals surface area (Å²) in [4.78, 5) is 16.2. The van der Waals surface area contributed by atoms with E-state index in [1.54, 1.807) is 18.3 Å². The first kappa shape index (κ1) is 12.4. The average molecular weight is 317 g/mol. The number of pyridine rings is 1. The lowest BCUT2D eigenvalue weighted by Gasteiger charge is -2.14. The lowest BCUT2D eigenvalue weighted by Crippen LogP contribution is -2.27. The molecule has 0 bridgehead atoms. The Kier molecular flexibility index (Phi) is 3.34. The van der Waals surface area contributed by atoms with E-state index in [4.69, 9.17) is 0 Å². The van der Waals surface area contributed by atoms with Crippen molar-refractivity contribution < 1.29 is 4.79 Å². The van der Waals surface area contributed by atoms with Crippen molar-refractivity contribution in [3.05, 3.63) is 63.9 Å². The highest BCUT2D eigenvalue weighted by molar-refractivity contribution is 9.10. The Morgan fingerprint density at radius 1 is 1.26 bits per heavy atom. The van der Waals surface area contributed by atoms with E-state index >= 15 is 0 Å². The highest BCUT2D eigenvalue weighted by Crippen LogP contribution is 2.30. The largest absolute Gasteiger partial charge is 0.345 e. The van der Waals surface area contributed by atoms with Gasteiger partial charge in [-0.3, -0.25) is 4.79 Å². The molecular weight excluding hydrogens is 304 g/mol. The van der Waals surface area contributed by atoms with Crippen LogP contribution in [0.4, 0.5) is 0 Å². The van der Waals surface area contributed by atoms with E-state index in [-0.39, 0.29) is 11.9 Å². The molecule has 0 aliphatic heterocycles. The summed E-state index contributed by atoms with van der Waals surface area (Å²) in [5, 5.41) is 3.08. The first-order valence-electron chi connectivity index (χ1n) is 6.24. The number of carbonyl (C=O) groups excluding carboxylic acids is 1. The topological polar surface area (TPSA) is 42.0 Å². The van der Waals surface area contributed by atoms with E-state index in [1.807, 2.05) is 12.1 Å².